The molecule has 0 radical (unpaired) electrons. The fraction of sp³-hybridized carbons (Fsp3) is 0.700. The summed E-state index contributed by atoms with van der Waals surface area (Å²) in [5.74, 6) is -3.86. The molecule has 0 aliphatic heterocycles. The van der Waals surface area contributed by atoms with Gasteiger partial charge in [-0.2, -0.15) is 26.0 Å². The summed E-state index contributed by atoms with van der Waals surface area (Å²) in [5, 5.41) is -5.37. The van der Waals surface area contributed by atoms with Crippen LogP contribution in [0.3, 0.4) is 0 Å². The average Bonchev–Trinajstić information content (AvgIpc) is 2.87. The topological polar surface area (TPSA) is 83.0 Å². The van der Waals surface area contributed by atoms with Crippen molar-refractivity contribution in [2.75, 3.05) is 0 Å². The molecule has 142 valence electrons. The molecule has 2 N–H and O–H groups in total. The third kappa shape index (κ3) is 5.58. The zero-order valence-electron chi connectivity index (χ0n) is 11.8. The van der Waals surface area contributed by atoms with Crippen LogP contribution in [0, 0.1) is 0 Å². The lowest BCUT2D eigenvalue weighted by molar-refractivity contribution is -0.137. The minimum Gasteiger partial charge on any atom is -0.348 e. The molecule has 0 spiro atoms. The van der Waals surface area contributed by atoms with Crippen LogP contribution in [-0.2, 0) is 22.5 Å². The van der Waals surface area contributed by atoms with Crippen LogP contribution in [-0.4, -0.2) is 41.0 Å². The molecule has 1 aromatic heterocycles. The monoisotopic (exact) mass is 392 g/mol. The summed E-state index contributed by atoms with van der Waals surface area (Å²) in [6, 6.07) is 0. The summed E-state index contributed by atoms with van der Waals surface area (Å²) >= 11 is 0. The van der Waals surface area contributed by atoms with Crippen molar-refractivity contribution in [3.05, 3.63) is 17.7 Å². The maximum Gasteiger partial charge on any atom is 0.428 e. The number of aryl methyl sites for hydroxylation is 1. The largest absolute Gasteiger partial charge is 0.428 e. The van der Waals surface area contributed by atoms with Crippen LogP contribution in [0.5, 0.6) is 0 Å². The van der Waals surface area contributed by atoms with Crippen LogP contribution < -0.4 is 0 Å². The summed E-state index contributed by atoms with van der Waals surface area (Å²) in [5.41, 5.74) is -0.893. The third-order valence-electron chi connectivity index (χ3n) is 2.33. The second-order valence-corrected chi connectivity index (χ2v) is 5.74. The van der Waals surface area contributed by atoms with Gasteiger partial charge in [0.05, 0.1) is 0 Å². The van der Waals surface area contributed by atoms with Crippen LogP contribution in [0.15, 0.2) is 6.20 Å². The van der Waals surface area contributed by atoms with E-state index in [2.05, 4.69) is 9.97 Å². The van der Waals surface area contributed by atoms with Gasteiger partial charge in [-0.1, -0.05) is 6.92 Å². The Labute approximate surface area is 130 Å². The van der Waals surface area contributed by atoms with Crippen LogP contribution in [0.25, 0.3) is 0 Å². The molecule has 1 heterocycles. The number of H-pyrrole nitrogens is 1. The van der Waals surface area contributed by atoms with Crippen LogP contribution in [0.1, 0.15) is 24.9 Å². The predicted molar refractivity (Wildman–Crippen MR) is 65.0 cm³/mol. The van der Waals surface area contributed by atoms with Crippen LogP contribution in [0.2, 0.25) is 0 Å². The quantitative estimate of drug-likeness (QED) is 0.574. The number of nitrogens with one attached hydrogen (secondary N) is 1. The van der Waals surface area contributed by atoms with Crippen LogP contribution >= 0.6 is 0 Å². The van der Waals surface area contributed by atoms with Gasteiger partial charge in [0.15, 0.2) is 0 Å². The lowest BCUT2D eigenvalue weighted by Crippen LogP contribution is -2.35. The van der Waals surface area contributed by atoms with E-state index in [-0.39, 0.29) is 0 Å². The lowest BCUT2D eigenvalue weighted by atomic mass is 10.3. The van der Waals surface area contributed by atoms with E-state index in [0.717, 1.165) is 6.20 Å². The number of nitrogens with zero attached hydrogens (tertiary/aromatic N) is 1. The summed E-state index contributed by atoms with van der Waals surface area (Å²) < 4.78 is 120. The maximum atomic E-state index is 12.7. The third-order valence-corrected chi connectivity index (χ3v) is 3.20. The Balaban J connectivity index is 0.000000470. The summed E-state index contributed by atoms with van der Waals surface area (Å²) in [4.78, 5) is 5.85. The van der Waals surface area contributed by atoms with Gasteiger partial charge in [-0.05, 0) is 6.42 Å². The van der Waals surface area contributed by atoms with E-state index in [1.54, 1.807) is 0 Å². The normalized spacial score (nSPS) is 13.2. The highest BCUT2D eigenvalue weighted by molar-refractivity contribution is 7.86. The highest BCUT2D eigenvalue weighted by Crippen LogP contribution is 2.33. The van der Waals surface area contributed by atoms with Crippen molar-refractivity contribution in [1.82, 2.24) is 9.97 Å². The maximum absolute atomic E-state index is 12.7. The summed E-state index contributed by atoms with van der Waals surface area (Å²) in [6.07, 6.45) is -6.12. The fourth-order valence-electron chi connectivity index (χ4n) is 1.12. The van der Waals surface area contributed by atoms with Crippen molar-refractivity contribution >= 4 is 10.1 Å². The molecule has 0 saturated carbocycles. The SMILES string of the molecule is CCCc1nc(C(F)(F)C(F)F)c[nH]1.O=S(=O)(O)C(F)(F)C(F)F. The Bertz CT molecular complexity index is 617. The van der Waals surface area contributed by atoms with E-state index in [0.29, 0.717) is 18.7 Å². The highest BCUT2D eigenvalue weighted by atomic mass is 32.2. The van der Waals surface area contributed by atoms with Gasteiger partial charge < -0.3 is 4.98 Å². The molecule has 0 aliphatic carbocycles. The van der Waals surface area contributed by atoms with Crippen molar-refractivity contribution in [3.63, 3.8) is 0 Å². The van der Waals surface area contributed by atoms with Gasteiger partial charge in [0.2, 0.25) is 0 Å². The molecule has 0 aromatic carbocycles. The minimum atomic E-state index is -5.98. The van der Waals surface area contributed by atoms with E-state index < -0.39 is 39.8 Å². The lowest BCUT2D eigenvalue weighted by Gasteiger charge is -2.11. The summed E-state index contributed by atoms with van der Waals surface area (Å²) in [7, 11) is -5.98. The molecule has 1 rings (SSSR count). The molecule has 14 heteroatoms. The molecule has 0 unspecified atom stereocenters. The number of rotatable bonds is 6. The smallest absolute Gasteiger partial charge is 0.348 e. The first-order chi connectivity index (χ1) is 10.7. The predicted octanol–water partition coefficient (Wildman–Crippen LogP) is 3.45. The zero-order chi connectivity index (χ0) is 19.3. The molecule has 1 aromatic rings. The molecule has 0 saturated heterocycles. The van der Waals surface area contributed by atoms with Gasteiger partial charge in [-0.15, -0.1) is 0 Å². The van der Waals surface area contributed by atoms with E-state index in [4.69, 9.17) is 4.55 Å². The summed E-state index contributed by atoms with van der Waals surface area (Å²) in [6.45, 7) is 1.84. The standard InChI is InChI=1S/C8H10F4N2.C2H2F4O3S/c1-2-3-6-13-4-5(14-6)8(11,12)7(9)10;3-1(4)2(5,6)10(7,8)9/h4,7H,2-3H2,1H3,(H,13,14);1H,(H,7,8,9). The van der Waals surface area contributed by atoms with E-state index in [1.807, 2.05) is 6.92 Å². The van der Waals surface area contributed by atoms with Gasteiger partial charge in [0, 0.05) is 12.6 Å². The minimum absolute atomic E-state index is 0.308. The number of alkyl halides is 8. The van der Waals surface area contributed by atoms with Gasteiger partial charge >= 0.3 is 34.1 Å². The Morgan fingerprint density at radius 2 is 1.67 bits per heavy atom. The molecule has 0 aliphatic rings. The number of aromatic nitrogens is 2. The van der Waals surface area contributed by atoms with Gasteiger partial charge in [-0.25, -0.2) is 22.5 Å². The van der Waals surface area contributed by atoms with E-state index in [9.17, 15) is 43.5 Å². The van der Waals surface area contributed by atoms with E-state index >= 15 is 0 Å². The number of aromatic amines is 1. The Kier molecular flexibility index (Phi) is 7.61. The molecule has 0 amide bonds. The Hall–Kier alpha value is -1.44. The molecular formula is C10H12F8N2O3S. The second kappa shape index (κ2) is 8.09. The number of hydrogen-bond acceptors (Lipinski definition) is 3. The average molecular weight is 392 g/mol. The Morgan fingerprint density at radius 1 is 1.17 bits per heavy atom. The first kappa shape index (κ1) is 22.6. The van der Waals surface area contributed by atoms with Gasteiger partial charge in [-0.3, -0.25) is 4.55 Å². The molecule has 5 nitrogen and oxygen atoms in total. The fourth-order valence-corrected chi connectivity index (χ4v) is 1.35. The van der Waals surface area contributed by atoms with Crippen molar-refractivity contribution in [2.24, 2.45) is 0 Å². The van der Waals surface area contributed by atoms with Crippen molar-refractivity contribution in [2.45, 2.75) is 43.8 Å². The van der Waals surface area contributed by atoms with Crippen molar-refractivity contribution in [1.29, 1.82) is 0 Å². The van der Waals surface area contributed by atoms with Crippen molar-refractivity contribution in [3.8, 4) is 0 Å². The molecule has 0 fully saturated rings. The van der Waals surface area contributed by atoms with Crippen molar-refractivity contribution < 1.29 is 48.1 Å². The first-order valence-electron chi connectivity index (χ1n) is 6.01. The number of imidazole rings is 1. The highest BCUT2D eigenvalue weighted by Gasteiger charge is 2.53. The molecule has 0 bridgehead atoms. The first-order valence-corrected chi connectivity index (χ1v) is 7.45. The second-order valence-electron chi connectivity index (χ2n) is 4.24. The van der Waals surface area contributed by atoms with E-state index in [1.165, 1.54) is 0 Å². The molecular weight excluding hydrogens is 380 g/mol. The van der Waals surface area contributed by atoms with Gasteiger partial charge in [0.1, 0.15) is 11.5 Å². The molecule has 24 heavy (non-hydrogen) atoms. The van der Waals surface area contributed by atoms with Crippen LogP contribution in [0.4, 0.5) is 35.1 Å². The number of hydrogen-bond donors (Lipinski definition) is 2. The zero-order valence-corrected chi connectivity index (χ0v) is 12.6. The number of halogens is 8. The Morgan fingerprint density at radius 3 is 1.96 bits per heavy atom. The molecule has 0 atom stereocenters. The van der Waals surface area contributed by atoms with Gasteiger partial charge in [0.25, 0.3) is 0 Å².